The molecule has 2 fully saturated rings. The van der Waals surface area contributed by atoms with Gasteiger partial charge in [-0.3, -0.25) is 5.43 Å². The van der Waals surface area contributed by atoms with Gasteiger partial charge in [0, 0.05) is 17.5 Å². The molecule has 7 nitrogen and oxygen atoms in total. The highest BCUT2D eigenvalue weighted by atomic mass is 16.6. The lowest BCUT2D eigenvalue weighted by Crippen LogP contribution is -2.54. The van der Waals surface area contributed by atoms with Crippen LogP contribution in [0.3, 0.4) is 0 Å². The zero-order chi connectivity index (χ0) is 21.2. The van der Waals surface area contributed by atoms with Crippen molar-refractivity contribution in [2.75, 3.05) is 27.8 Å². The number of likely N-dealkylation sites (tertiary alicyclic amines) is 1. The minimum absolute atomic E-state index is 0.0956. The molecular weight excluding hydrogens is 370 g/mol. The van der Waals surface area contributed by atoms with Gasteiger partial charge in [-0.1, -0.05) is 6.07 Å². The van der Waals surface area contributed by atoms with Gasteiger partial charge in [0.2, 0.25) is 0 Å². The molecular formula is C22H35N3O4. The summed E-state index contributed by atoms with van der Waals surface area (Å²) in [7, 11) is 5.54. The van der Waals surface area contributed by atoms with Gasteiger partial charge < -0.3 is 19.1 Å². The Labute approximate surface area is 174 Å². The fourth-order valence-corrected chi connectivity index (χ4v) is 4.86. The lowest BCUT2D eigenvalue weighted by molar-refractivity contribution is 0.0468. The third-order valence-corrected chi connectivity index (χ3v) is 6.26. The van der Waals surface area contributed by atoms with Crippen molar-refractivity contribution < 1.29 is 19.0 Å². The van der Waals surface area contributed by atoms with Crippen LogP contribution in [-0.4, -0.2) is 56.5 Å². The van der Waals surface area contributed by atoms with Crippen molar-refractivity contribution in [2.45, 2.75) is 69.6 Å². The molecule has 1 saturated carbocycles. The normalized spacial score (nSPS) is 27.2. The Morgan fingerprint density at radius 2 is 1.90 bits per heavy atom. The average Bonchev–Trinajstić information content (AvgIpc) is 3.02. The molecule has 1 aromatic carbocycles. The highest BCUT2D eigenvalue weighted by Gasteiger charge is 2.50. The zero-order valence-electron chi connectivity index (χ0n) is 18.5. The number of amides is 1. The maximum atomic E-state index is 12.0. The molecule has 162 valence electrons. The van der Waals surface area contributed by atoms with Crippen molar-refractivity contribution in [1.82, 2.24) is 15.8 Å². The Balaban J connectivity index is 1.72. The first-order valence-electron chi connectivity index (χ1n) is 10.4. The van der Waals surface area contributed by atoms with Gasteiger partial charge in [0.1, 0.15) is 5.60 Å². The second-order valence-corrected chi connectivity index (χ2v) is 9.21. The van der Waals surface area contributed by atoms with Crippen molar-refractivity contribution >= 4 is 6.09 Å². The largest absolute Gasteiger partial charge is 0.493 e. The molecule has 1 amide bonds. The minimum atomic E-state index is -0.507. The van der Waals surface area contributed by atoms with Crippen LogP contribution in [0, 0.1) is 0 Å². The van der Waals surface area contributed by atoms with E-state index in [1.165, 1.54) is 5.56 Å². The summed E-state index contributed by atoms with van der Waals surface area (Å²) in [6.45, 7) is 6.64. The number of nitrogens with zero attached hydrogens (tertiary/aromatic N) is 1. The number of likely N-dealkylation sites (N-methyl/N-ethyl adjacent to an activating group) is 1. The van der Waals surface area contributed by atoms with Crippen LogP contribution in [0.4, 0.5) is 4.79 Å². The van der Waals surface area contributed by atoms with Gasteiger partial charge in [0.25, 0.3) is 0 Å². The molecule has 7 heteroatoms. The van der Waals surface area contributed by atoms with Crippen LogP contribution in [0.2, 0.25) is 0 Å². The number of rotatable bonds is 5. The first-order chi connectivity index (χ1) is 13.7. The van der Waals surface area contributed by atoms with Crippen molar-refractivity contribution in [3.8, 4) is 11.5 Å². The summed E-state index contributed by atoms with van der Waals surface area (Å²) in [6.07, 6.45) is 3.67. The standard InChI is InChI=1S/C22H35N3O4/c1-21(2,3)29-20(26)24-23-16-9-10-22(11-12-25(4)19(22)14-16)15-7-8-17(27-5)18(13-15)28-6/h7-8,13,16,19,23H,9-12,14H2,1-6H3,(H,24,26)/t16-,19-,22-/m0/s1. The van der Waals surface area contributed by atoms with Gasteiger partial charge >= 0.3 is 6.09 Å². The van der Waals surface area contributed by atoms with Gasteiger partial charge in [-0.2, -0.15) is 0 Å². The van der Waals surface area contributed by atoms with Gasteiger partial charge in [-0.05, 0) is 77.7 Å². The number of nitrogens with one attached hydrogen (secondary N) is 2. The Bertz CT molecular complexity index is 733. The smallest absolute Gasteiger partial charge is 0.422 e. The van der Waals surface area contributed by atoms with Crippen LogP contribution in [0.5, 0.6) is 11.5 Å². The van der Waals surface area contributed by atoms with Gasteiger partial charge in [-0.15, -0.1) is 0 Å². The predicted molar refractivity (Wildman–Crippen MR) is 112 cm³/mol. The third kappa shape index (κ3) is 4.61. The summed E-state index contributed by atoms with van der Waals surface area (Å²) in [5.74, 6) is 1.53. The molecule has 2 N–H and O–H groups in total. The molecule has 1 saturated heterocycles. The summed E-state index contributed by atoms with van der Waals surface area (Å²) in [5, 5.41) is 0. The second kappa shape index (κ2) is 8.40. The number of hydrogen-bond donors (Lipinski definition) is 2. The average molecular weight is 406 g/mol. The SMILES string of the molecule is COc1ccc([C@@]23CC[C@H](NNC(=O)OC(C)(C)C)C[C@@H]2N(C)CC3)cc1OC. The zero-order valence-corrected chi connectivity index (χ0v) is 18.5. The molecule has 0 unspecified atom stereocenters. The van der Waals surface area contributed by atoms with E-state index in [1.807, 2.05) is 26.8 Å². The summed E-state index contributed by atoms with van der Waals surface area (Å²) >= 11 is 0. The first kappa shape index (κ1) is 21.7. The van der Waals surface area contributed by atoms with Crippen molar-refractivity contribution in [1.29, 1.82) is 0 Å². The fraction of sp³-hybridized carbons (Fsp3) is 0.682. The summed E-state index contributed by atoms with van der Waals surface area (Å²) in [4.78, 5) is 14.4. The fourth-order valence-electron chi connectivity index (χ4n) is 4.86. The van der Waals surface area contributed by atoms with Crippen LogP contribution in [0.25, 0.3) is 0 Å². The Morgan fingerprint density at radius 3 is 2.55 bits per heavy atom. The highest BCUT2D eigenvalue weighted by molar-refractivity contribution is 5.67. The Morgan fingerprint density at radius 1 is 1.17 bits per heavy atom. The van der Waals surface area contributed by atoms with Crippen molar-refractivity contribution in [2.24, 2.45) is 0 Å². The van der Waals surface area contributed by atoms with E-state index < -0.39 is 11.7 Å². The van der Waals surface area contributed by atoms with Crippen LogP contribution in [0.15, 0.2) is 18.2 Å². The monoisotopic (exact) mass is 405 g/mol. The number of carbonyl (C=O) groups is 1. The number of benzene rings is 1. The van der Waals surface area contributed by atoms with E-state index in [4.69, 9.17) is 14.2 Å². The van der Waals surface area contributed by atoms with E-state index in [-0.39, 0.29) is 11.5 Å². The summed E-state index contributed by atoms with van der Waals surface area (Å²) in [5.41, 5.74) is 6.81. The summed E-state index contributed by atoms with van der Waals surface area (Å²) in [6, 6.07) is 6.93. The number of hydrazine groups is 1. The molecule has 1 aromatic rings. The lowest BCUT2D eigenvalue weighted by Gasteiger charge is -2.45. The van der Waals surface area contributed by atoms with Gasteiger partial charge in [-0.25, -0.2) is 10.2 Å². The van der Waals surface area contributed by atoms with E-state index in [9.17, 15) is 4.79 Å². The maximum absolute atomic E-state index is 12.0. The van der Waals surface area contributed by atoms with Gasteiger partial charge in [0.05, 0.1) is 14.2 Å². The van der Waals surface area contributed by atoms with Crippen molar-refractivity contribution in [3.05, 3.63) is 23.8 Å². The number of methoxy groups -OCH3 is 2. The topological polar surface area (TPSA) is 72.1 Å². The highest BCUT2D eigenvalue weighted by Crippen LogP contribution is 2.49. The number of ether oxygens (including phenoxy) is 3. The van der Waals surface area contributed by atoms with E-state index in [2.05, 4.69) is 34.9 Å². The Hall–Kier alpha value is -1.99. The first-order valence-corrected chi connectivity index (χ1v) is 10.4. The molecule has 0 radical (unpaired) electrons. The number of carbonyl (C=O) groups excluding carboxylic acids is 1. The molecule has 2 aliphatic rings. The van der Waals surface area contributed by atoms with Crippen LogP contribution >= 0.6 is 0 Å². The molecule has 1 aliphatic carbocycles. The molecule has 3 rings (SSSR count). The van der Waals surface area contributed by atoms with Crippen LogP contribution < -0.4 is 20.3 Å². The molecule has 0 spiro atoms. The maximum Gasteiger partial charge on any atom is 0.422 e. The Kier molecular flexibility index (Phi) is 6.29. The van der Waals surface area contributed by atoms with Crippen LogP contribution in [-0.2, 0) is 10.2 Å². The molecule has 1 aliphatic heterocycles. The molecule has 1 heterocycles. The molecule has 0 bridgehead atoms. The van der Waals surface area contributed by atoms with E-state index in [1.54, 1.807) is 14.2 Å². The quantitative estimate of drug-likeness (QED) is 0.733. The second-order valence-electron chi connectivity index (χ2n) is 9.21. The lowest BCUT2D eigenvalue weighted by atomic mass is 9.65. The number of fused-ring (bicyclic) bond motifs is 1. The number of hydrogen-bond acceptors (Lipinski definition) is 6. The molecule has 3 atom stereocenters. The predicted octanol–water partition coefficient (Wildman–Crippen LogP) is 3.23. The van der Waals surface area contributed by atoms with Crippen molar-refractivity contribution in [3.63, 3.8) is 0 Å². The molecule has 0 aromatic heterocycles. The summed E-state index contributed by atoms with van der Waals surface area (Å²) < 4.78 is 16.3. The third-order valence-electron chi connectivity index (χ3n) is 6.26. The van der Waals surface area contributed by atoms with E-state index in [0.717, 1.165) is 43.7 Å². The van der Waals surface area contributed by atoms with Crippen LogP contribution in [0.1, 0.15) is 52.0 Å². The molecule has 29 heavy (non-hydrogen) atoms. The van der Waals surface area contributed by atoms with Gasteiger partial charge in [0.15, 0.2) is 11.5 Å². The minimum Gasteiger partial charge on any atom is -0.493 e. The van der Waals surface area contributed by atoms with E-state index in [0.29, 0.717) is 6.04 Å². The van der Waals surface area contributed by atoms with E-state index >= 15 is 0 Å².